The minimum Gasteiger partial charge on any atom is -0.393 e. The van der Waals surface area contributed by atoms with E-state index in [-0.39, 0.29) is 12.0 Å². The molecule has 1 heterocycles. The normalized spacial score (nSPS) is 20.0. The molecule has 1 fully saturated rings. The first-order valence-corrected chi connectivity index (χ1v) is 8.52. The molecule has 0 aromatic heterocycles. The molecule has 1 aliphatic heterocycles. The summed E-state index contributed by atoms with van der Waals surface area (Å²) in [6.07, 6.45) is 1.09. The van der Waals surface area contributed by atoms with E-state index in [4.69, 9.17) is 0 Å². The minimum absolute atomic E-state index is 0.208. The van der Waals surface area contributed by atoms with E-state index in [2.05, 4.69) is 0 Å². The lowest BCUT2D eigenvalue weighted by Gasteiger charge is -2.32. The van der Waals surface area contributed by atoms with Gasteiger partial charge in [-0.25, -0.2) is 8.42 Å². The standard InChI is InChI=1S/C15H23NO3S/c1-11-4-5-12(2)15(10-11)20(18,19)16-8-6-14(7-9-16)13(3)17/h4-5,10,13-14,17H,6-9H2,1-3H3. The zero-order chi connectivity index (χ0) is 14.9. The molecule has 0 saturated carbocycles. The molecule has 0 amide bonds. The zero-order valence-corrected chi connectivity index (χ0v) is 13.2. The number of hydrogen-bond donors (Lipinski definition) is 1. The Morgan fingerprint density at radius 3 is 2.40 bits per heavy atom. The smallest absolute Gasteiger partial charge is 0.243 e. The van der Waals surface area contributed by atoms with E-state index in [9.17, 15) is 13.5 Å². The number of nitrogens with zero attached hydrogens (tertiary/aromatic N) is 1. The third-order valence-corrected chi connectivity index (χ3v) is 6.18. The van der Waals surface area contributed by atoms with E-state index >= 15 is 0 Å². The van der Waals surface area contributed by atoms with Gasteiger partial charge in [0, 0.05) is 13.1 Å². The van der Waals surface area contributed by atoms with Gasteiger partial charge in [-0.1, -0.05) is 12.1 Å². The van der Waals surface area contributed by atoms with Crippen LogP contribution in [0.15, 0.2) is 23.1 Å². The van der Waals surface area contributed by atoms with Gasteiger partial charge in [0.25, 0.3) is 0 Å². The van der Waals surface area contributed by atoms with E-state index < -0.39 is 10.0 Å². The van der Waals surface area contributed by atoms with Gasteiger partial charge in [0.2, 0.25) is 10.0 Å². The molecule has 1 aromatic carbocycles. The molecule has 0 radical (unpaired) electrons. The number of aliphatic hydroxyl groups excluding tert-OH is 1. The zero-order valence-electron chi connectivity index (χ0n) is 12.3. The molecule has 1 atom stereocenters. The summed E-state index contributed by atoms with van der Waals surface area (Å²) in [6, 6.07) is 5.52. The van der Waals surface area contributed by atoms with Crippen molar-refractivity contribution in [1.29, 1.82) is 0 Å². The number of sulfonamides is 1. The van der Waals surface area contributed by atoms with Crippen molar-refractivity contribution in [1.82, 2.24) is 4.31 Å². The fraction of sp³-hybridized carbons (Fsp3) is 0.600. The van der Waals surface area contributed by atoms with E-state index in [0.29, 0.717) is 18.0 Å². The maximum absolute atomic E-state index is 12.7. The Balaban J connectivity index is 2.22. The molecule has 1 aliphatic rings. The monoisotopic (exact) mass is 297 g/mol. The highest BCUT2D eigenvalue weighted by Crippen LogP contribution is 2.27. The fourth-order valence-electron chi connectivity index (χ4n) is 2.72. The third-order valence-electron chi connectivity index (χ3n) is 4.14. The first kappa shape index (κ1) is 15.5. The molecule has 4 nitrogen and oxygen atoms in total. The van der Waals surface area contributed by atoms with Crippen LogP contribution in [0.5, 0.6) is 0 Å². The molecule has 5 heteroatoms. The molecule has 112 valence electrons. The summed E-state index contributed by atoms with van der Waals surface area (Å²) in [5.41, 5.74) is 1.74. The van der Waals surface area contributed by atoms with E-state index in [1.54, 1.807) is 17.3 Å². The average Bonchev–Trinajstić information content (AvgIpc) is 2.41. The van der Waals surface area contributed by atoms with E-state index in [1.165, 1.54) is 0 Å². The van der Waals surface area contributed by atoms with Crippen LogP contribution in [0, 0.1) is 19.8 Å². The second kappa shape index (κ2) is 5.84. The number of hydrogen-bond acceptors (Lipinski definition) is 3. The van der Waals surface area contributed by atoms with Gasteiger partial charge in [0.15, 0.2) is 0 Å². The van der Waals surface area contributed by atoms with Crippen molar-refractivity contribution >= 4 is 10.0 Å². The molecule has 1 saturated heterocycles. The highest BCUT2D eigenvalue weighted by Gasteiger charge is 2.31. The van der Waals surface area contributed by atoms with Gasteiger partial charge in [0.1, 0.15) is 0 Å². The maximum Gasteiger partial charge on any atom is 0.243 e. The summed E-state index contributed by atoms with van der Waals surface area (Å²) in [7, 11) is -3.41. The molecular weight excluding hydrogens is 274 g/mol. The average molecular weight is 297 g/mol. The Hall–Kier alpha value is -0.910. The van der Waals surface area contributed by atoms with Gasteiger partial charge in [-0.15, -0.1) is 0 Å². The number of rotatable bonds is 3. The Bertz CT molecular complexity index is 573. The molecule has 2 rings (SSSR count). The lowest BCUT2D eigenvalue weighted by molar-refractivity contribution is 0.0912. The van der Waals surface area contributed by atoms with Crippen molar-refractivity contribution in [3.8, 4) is 0 Å². The number of benzene rings is 1. The van der Waals surface area contributed by atoms with Gasteiger partial charge in [0.05, 0.1) is 11.0 Å². The second-order valence-corrected chi connectivity index (χ2v) is 7.66. The Labute approximate surface area is 121 Å². The van der Waals surface area contributed by atoms with Crippen LogP contribution < -0.4 is 0 Å². The molecule has 1 unspecified atom stereocenters. The second-order valence-electron chi connectivity index (χ2n) is 5.75. The quantitative estimate of drug-likeness (QED) is 0.929. The van der Waals surface area contributed by atoms with Gasteiger partial charge < -0.3 is 5.11 Å². The van der Waals surface area contributed by atoms with Crippen molar-refractivity contribution in [3.63, 3.8) is 0 Å². The van der Waals surface area contributed by atoms with Crippen LogP contribution in [0.1, 0.15) is 30.9 Å². The molecule has 1 aromatic rings. The van der Waals surface area contributed by atoms with Crippen molar-refractivity contribution in [2.24, 2.45) is 5.92 Å². The van der Waals surface area contributed by atoms with Gasteiger partial charge in [-0.05, 0) is 56.7 Å². The summed E-state index contributed by atoms with van der Waals surface area (Å²) >= 11 is 0. The fourth-order valence-corrected chi connectivity index (χ4v) is 4.50. The van der Waals surface area contributed by atoms with Crippen LogP contribution in [0.3, 0.4) is 0 Å². The Morgan fingerprint density at radius 2 is 1.85 bits per heavy atom. The molecule has 20 heavy (non-hydrogen) atoms. The lowest BCUT2D eigenvalue weighted by atomic mass is 9.93. The van der Waals surface area contributed by atoms with Crippen molar-refractivity contribution < 1.29 is 13.5 Å². The first-order valence-electron chi connectivity index (χ1n) is 7.08. The van der Waals surface area contributed by atoms with Gasteiger partial charge >= 0.3 is 0 Å². The van der Waals surface area contributed by atoms with Crippen LogP contribution in [-0.4, -0.2) is 37.0 Å². The Kier molecular flexibility index (Phi) is 4.52. The predicted molar refractivity (Wildman–Crippen MR) is 79.1 cm³/mol. The summed E-state index contributed by atoms with van der Waals surface area (Å²) < 4.78 is 26.9. The molecular formula is C15H23NO3S. The van der Waals surface area contributed by atoms with Gasteiger partial charge in [-0.2, -0.15) is 4.31 Å². The topological polar surface area (TPSA) is 57.6 Å². The summed E-state index contributed by atoms with van der Waals surface area (Å²) in [6.45, 7) is 6.49. The number of aliphatic hydroxyl groups is 1. The number of aryl methyl sites for hydroxylation is 2. The van der Waals surface area contributed by atoms with E-state index in [0.717, 1.165) is 24.0 Å². The van der Waals surface area contributed by atoms with Crippen LogP contribution in [0.4, 0.5) is 0 Å². The molecule has 0 aliphatic carbocycles. The highest BCUT2D eigenvalue weighted by molar-refractivity contribution is 7.89. The predicted octanol–water partition coefficient (Wildman–Crippen LogP) is 2.08. The highest BCUT2D eigenvalue weighted by atomic mass is 32.2. The SMILES string of the molecule is Cc1ccc(C)c(S(=O)(=O)N2CCC(C(C)O)CC2)c1. The summed E-state index contributed by atoms with van der Waals surface area (Å²) in [5, 5.41) is 9.60. The molecule has 0 spiro atoms. The van der Waals surface area contributed by atoms with Crippen LogP contribution in [0.25, 0.3) is 0 Å². The van der Waals surface area contributed by atoms with E-state index in [1.807, 2.05) is 26.0 Å². The minimum atomic E-state index is -3.41. The Morgan fingerprint density at radius 1 is 1.25 bits per heavy atom. The van der Waals surface area contributed by atoms with Crippen LogP contribution in [-0.2, 0) is 10.0 Å². The molecule has 1 N–H and O–H groups in total. The van der Waals surface area contributed by atoms with Crippen LogP contribution in [0.2, 0.25) is 0 Å². The molecule has 0 bridgehead atoms. The van der Waals surface area contributed by atoms with Crippen LogP contribution >= 0.6 is 0 Å². The summed E-state index contributed by atoms with van der Waals surface area (Å²) in [5.74, 6) is 0.208. The van der Waals surface area contributed by atoms with Crippen molar-refractivity contribution in [2.75, 3.05) is 13.1 Å². The maximum atomic E-state index is 12.7. The van der Waals surface area contributed by atoms with Gasteiger partial charge in [-0.3, -0.25) is 0 Å². The third kappa shape index (κ3) is 3.05. The summed E-state index contributed by atoms with van der Waals surface area (Å²) in [4.78, 5) is 0.410. The van der Waals surface area contributed by atoms with Crippen molar-refractivity contribution in [2.45, 2.75) is 44.6 Å². The largest absolute Gasteiger partial charge is 0.393 e. The van der Waals surface area contributed by atoms with Crippen molar-refractivity contribution in [3.05, 3.63) is 29.3 Å². The lowest BCUT2D eigenvalue weighted by Crippen LogP contribution is -2.40. The number of piperidine rings is 1. The first-order chi connectivity index (χ1) is 9.32.